The lowest BCUT2D eigenvalue weighted by Gasteiger charge is -2.26. The zero-order chi connectivity index (χ0) is 15.3. The van der Waals surface area contributed by atoms with Crippen LogP contribution >= 0.6 is 0 Å². The van der Waals surface area contributed by atoms with Crippen molar-refractivity contribution in [2.75, 3.05) is 5.32 Å². The molecule has 1 amide bonds. The van der Waals surface area contributed by atoms with Gasteiger partial charge in [-0.05, 0) is 31.4 Å². The second kappa shape index (κ2) is 6.70. The van der Waals surface area contributed by atoms with Crippen LogP contribution in [0.25, 0.3) is 0 Å². The third kappa shape index (κ3) is 5.17. The van der Waals surface area contributed by atoms with Crippen molar-refractivity contribution in [1.82, 2.24) is 4.98 Å². The molecule has 3 N–H and O–H groups in total. The number of nitrogens with zero attached hydrogens (tertiary/aromatic N) is 1. The van der Waals surface area contributed by atoms with Crippen LogP contribution in [-0.2, 0) is 4.79 Å². The number of carbonyl (C=O) groups is 1. The number of hydrogen-bond donors (Lipinski definition) is 2. The lowest BCUT2D eigenvalue weighted by Crippen LogP contribution is -2.38. The van der Waals surface area contributed by atoms with Crippen LogP contribution in [0.2, 0.25) is 0 Å². The van der Waals surface area contributed by atoms with Crippen LogP contribution in [0.4, 0.5) is 5.69 Å². The molecule has 0 bridgehead atoms. The van der Waals surface area contributed by atoms with Gasteiger partial charge >= 0.3 is 0 Å². The first-order valence-electron chi connectivity index (χ1n) is 6.87. The van der Waals surface area contributed by atoms with Gasteiger partial charge in [-0.25, -0.2) is 4.98 Å². The molecule has 112 valence electrons. The summed E-state index contributed by atoms with van der Waals surface area (Å²) in [5, 5.41) is 2.81. The second-order valence-electron chi connectivity index (χ2n) is 6.25. The summed E-state index contributed by atoms with van der Waals surface area (Å²) in [5.41, 5.74) is 6.48. The maximum atomic E-state index is 12.0. The smallest absolute Gasteiger partial charge is 0.238 e. The Balaban J connectivity index is 2.71. The molecule has 1 rings (SSSR count). The molecule has 0 aliphatic rings. The molecular weight excluding hydrogens is 254 g/mol. The van der Waals surface area contributed by atoms with Crippen molar-refractivity contribution in [3.8, 4) is 5.88 Å². The maximum Gasteiger partial charge on any atom is 0.238 e. The van der Waals surface area contributed by atoms with E-state index in [1.807, 2.05) is 34.6 Å². The highest BCUT2D eigenvalue weighted by molar-refractivity contribution is 5.92. The van der Waals surface area contributed by atoms with Gasteiger partial charge in [-0.1, -0.05) is 20.8 Å². The van der Waals surface area contributed by atoms with Gasteiger partial charge in [-0.3, -0.25) is 4.79 Å². The Morgan fingerprint density at radius 3 is 2.65 bits per heavy atom. The van der Waals surface area contributed by atoms with E-state index in [1.165, 1.54) is 0 Å². The largest absolute Gasteiger partial charge is 0.473 e. The minimum atomic E-state index is -0.200. The van der Waals surface area contributed by atoms with E-state index in [4.69, 9.17) is 10.5 Å². The van der Waals surface area contributed by atoms with Crippen LogP contribution in [0.3, 0.4) is 0 Å². The van der Waals surface area contributed by atoms with E-state index in [0.717, 1.165) is 0 Å². The Kier molecular flexibility index (Phi) is 5.51. The van der Waals surface area contributed by atoms with Crippen molar-refractivity contribution in [3.05, 3.63) is 18.3 Å². The minimum Gasteiger partial charge on any atom is -0.473 e. The normalized spacial score (nSPS) is 13.2. The number of ether oxygens (including phenoxy) is 1. The number of rotatable bonds is 5. The van der Waals surface area contributed by atoms with E-state index in [1.54, 1.807) is 18.3 Å². The summed E-state index contributed by atoms with van der Waals surface area (Å²) in [6.07, 6.45) is 1.89. The van der Waals surface area contributed by atoms with Crippen molar-refractivity contribution in [2.24, 2.45) is 11.1 Å². The number of hydrogen-bond acceptors (Lipinski definition) is 4. The number of nitrogens with one attached hydrogen (secondary N) is 1. The molecule has 0 fully saturated rings. The minimum absolute atomic E-state index is 0.00242. The molecule has 0 radical (unpaired) electrons. The van der Waals surface area contributed by atoms with Gasteiger partial charge in [0.1, 0.15) is 5.69 Å². The highest BCUT2D eigenvalue weighted by atomic mass is 16.5. The van der Waals surface area contributed by atoms with Crippen LogP contribution in [0, 0.1) is 5.41 Å². The first kappa shape index (κ1) is 16.4. The summed E-state index contributed by atoms with van der Waals surface area (Å²) >= 11 is 0. The maximum absolute atomic E-state index is 12.0. The average molecular weight is 279 g/mol. The van der Waals surface area contributed by atoms with E-state index in [0.29, 0.717) is 11.6 Å². The number of amides is 1. The number of nitrogens with two attached hydrogens (primary N) is 1. The van der Waals surface area contributed by atoms with Gasteiger partial charge in [0.05, 0.1) is 6.10 Å². The van der Waals surface area contributed by atoms with E-state index < -0.39 is 0 Å². The summed E-state index contributed by atoms with van der Waals surface area (Å²) < 4.78 is 5.56. The van der Waals surface area contributed by atoms with Crippen molar-refractivity contribution >= 4 is 11.6 Å². The van der Waals surface area contributed by atoms with Crippen LogP contribution < -0.4 is 15.8 Å². The SMILES string of the molecule is CC(C)Oc1ncccc1NC(=O)CC(N)C(C)(C)C. The van der Waals surface area contributed by atoms with Crippen LogP contribution in [-0.4, -0.2) is 23.0 Å². The van der Waals surface area contributed by atoms with E-state index >= 15 is 0 Å². The molecule has 5 nitrogen and oxygen atoms in total. The molecule has 1 atom stereocenters. The summed E-state index contributed by atoms with van der Waals surface area (Å²) in [6.45, 7) is 9.87. The molecule has 0 aliphatic carbocycles. The van der Waals surface area contributed by atoms with E-state index in [2.05, 4.69) is 10.3 Å². The fraction of sp³-hybridized carbons (Fsp3) is 0.600. The molecule has 0 saturated carbocycles. The molecule has 1 unspecified atom stereocenters. The summed E-state index contributed by atoms with van der Waals surface area (Å²) in [7, 11) is 0. The highest BCUT2D eigenvalue weighted by Gasteiger charge is 2.23. The average Bonchev–Trinajstić information content (AvgIpc) is 2.29. The lowest BCUT2D eigenvalue weighted by atomic mass is 9.85. The monoisotopic (exact) mass is 279 g/mol. The third-order valence-electron chi connectivity index (χ3n) is 2.91. The van der Waals surface area contributed by atoms with Gasteiger partial charge in [-0.15, -0.1) is 0 Å². The molecule has 0 aromatic carbocycles. The van der Waals surface area contributed by atoms with Crippen molar-refractivity contribution in [3.63, 3.8) is 0 Å². The Bertz CT molecular complexity index is 453. The van der Waals surface area contributed by atoms with Crippen LogP contribution in [0.1, 0.15) is 41.0 Å². The Hall–Kier alpha value is -1.62. The number of carbonyl (C=O) groups excluding carboxylic acids is 1. The highest BCUT2D eigenvalue weighted by Crippen LogP contribution is 2.24. The summed E-state index contributed by atoms with van der Waals surface area (Å²) in [6, 6.07) is 3.33. The van der Waals surface area contributed by atoms with Crippen molar-refractivity contribution in [2.45, 2.75) is 53.2 Å². The fourth-order valence-corrected chi connectivity index (χ4v) is 1.51. The number of pyridine rings is 1. The molecule has 0 saturated heterocycles. The zero-order valence-corrected chi connectivity index (χ0v) is 12.9. The lowest BCUT2D eigenvalue weighted by molar-refractivity contribution is -0.117. The molecule has 0 spiro atoms. The first-order chi connectivity index (χ1) is 9.20. The quantitative estimate of drug-likeness (QED) is 0.868. The van der Waals surface area contributed by atoms with Gasteiger partial charge in [0.25, 0.3) is 0 Å². The molecule has 1 aromatic rings. The van der Waals surface area contributed by atoms with Crippen LogP contribution in [0.5, 0.6) is 5.88 Å². The van der Waals surface area contributed by atoms with Gasteiger partial charge in [0.2, 0.25) is 11.8 Å². The Morgan fingerprint density at radius 1 is 1.45 bits per heavy atom. The van der Waals surface area contributed by atoms with Gasteiger partial charge in [0, 0.05) is 18.7 Å². The van der Waals surface area contributed by atoms with Crippen molar-refractivity contribution < 1.29 is 9.53 Å². The van der Waals surface area contributed by atoms with Crippen molar-refractivity contribution in [1.29, 1.82) is 0 Å². The predicted octanol–water partition coefficient (Wildman–Crippen LogP) is 2.57. The standard InChI is InChI=1S/C15H25N3O2/c1-10(2)20-14-11(7-6-8-17-14)18-13(19)9-12(16)15(3,4)5/h6-8,10,12H,9,16H2,1-5H3,(H,18,19). The predicted molar refractivity (Wildman–Crippen MR) is 80.7 cm³/mol. The third-order valence-corrected chi connectivity index (χ3v) is 2.91. The second-order valence-corrected chi connectivity index (χ2v) is 6.25. The molecular formula is C15H25N3O2. The van der Waals surface area contributed by atoms with Gasteiger partial charge in [-0.2, -0.15) is 0 Å². The Morgan fingerprint density at radius 2 is 2.10 bits per heavy atom. The molecule has 1 heterocycles. The number of anilines is 1. The molecule has 1 aromatic heterocycles. The van der Waals surface area contributed by atoms with Crippen LogP contribution in [0.15, 0.2) is 18.3 Å². The number of aromatic nitrogens is 1. The molecule has 0 aliphatic heterocycles. The fourth-order valence-electron chi connectivity index (χ4n) is 1.51. The molecule has 20 heavy (non-hydrogen) atoms. The summed E-state index contributed by atoms with van der Waals surface area (Å²) in [4.78, 5) is 16.2. The van der Waals surface area contributed by atoms with E-state index in [-0.39, 0.29) is 29.9 Å². The Labute approximate surface area is 120 Å². The topological polar surface area (TPSA) is 77.2 Å². The first-order valence-corrected chi connectivity index (χ1v) is 6.87. The zero-order valence-electron chi connectivity index (χ0n) is 12.9. The van der Waals surface area contributed by atoms with Gasteiger partial charge in [0.15, 0.2) is 0 Å². The van der Waals surface area contributed by atoms with Gasteiger partial charge < -0.3 is 15.8 Å². The molecule has 5 heteroatoms. The summed E-state index contributed by atoms with van der Waals surface area (Å²) in [5.74, 6) is 0.300. The van der Waals surface area contributed by atoms with E-state index in [9.17, 15) is 4.79 Å².